The molecule has 2 heterocycles. The SMILES string of the molecule is CCC(c1cccnc1)N1CC(CSC(C)=O)CC1=O. The molecule has 0 saturated carbocycles. The summed E-state index contributed by atoms with van der Waals surface area (Å²) in [6, 6.07) is 4.02. The van der Waals surface area contributed by atoms with E-state index in [2.05, 4.69) is 11.9 Å². The Bertz CT molecular complexity index is 478. The number of amides is 1. The maximum absolute atomic E-state index is 12.2. The molecule has 2 atom stereocenters. The third kappa shape index (κ3) is 3.60. The van der Waals surface area contributed by atoms with Gasteiger partial charge in [0.15, 0.2) is 5.12 Å². The van der Waals surface area contributed by atoms with Crippen LogP contribution in [-0.4, -0.2) is 33.2 Å². The minimum atomic E-state index is 0.100. The normalized spacial score (nSPS) is 20.2. The van der Waals surface area contributed by atoms with E-state index in [1.54, 1.807) is 13.1 Å². The summed E-state index contributed by atoms with van der Waals surface area (Å²) in [5.74, 6) is 1.21. The summed E-state index contributed by atoms with van der Waals surface area (Å²) in [6.07, 6.45) is 5.01. The fourth-order valence-corrected chi connectivity index (χ4v) is 3.36. The van der Waals surface area contributed by atoms with Gasteiger partial charge in [0.25, 0.3) is 0 Å². The highest BCUT2D eigenvalue weighted by molar-refractivity contribution is 8.13. The summed E-state index contributed by atoms with van der Waals surface area (Å²) in [4.78, 5) is 29.3. The van der Waals surface area contributed by atoms with Crippen LogP contribution in [0.4, 0.5) is 0 Å². The first-order chi connectivity index (χ1) is 9.61. The molecule has 0 aromatic carbocycles. The molecule has 0 spiro atoms. The van der Waals surface area contributed by atoms with Crippen molar-refractivity contribution in [2.75, 3.05) is 12.3 Å². The number of pyridine rings is 1. The van der Waals surface area contributed by atoms with Crippen molar-refractivity contribution in [3.05, 3.63) is 30.1 Å². The van der Waals surface area contributed by atoms with Crippen LogP contribution >= 0.6 is 11.8 Å². The van der Waals surface area contributed by atoms with Gasteiger partial charge in [-0.1, -0.05) is 24.8 Å². The Labute approximate surface area is 124 Å². The molecule has 1 amide bonds. The summed E-state index contributed by atoms with van der Waals surface area (Å²) in [6.45, 7) is 4.40. The third-order valence-corrected chi connectivity index (χ3v) is 4.64. The highest BCUT2D eigenvalue weighted by Crippen LogP contribution is 2.31. The summed E-state index contributed by atoms with van der Waals surface area (Å²) in [5.41, 5.74) is 1.09. The molecule has 1 aromatic heterocycles. The van der Waals surface area contributed by atoms with E-state index in [1.165, 1.54) is 11.8 Å². The minimum Gasteiger partial charge on any atom is -0.335 e. The second kappa shape index (κ2) is 6.88. The molecular formula is C15H20N2O2S. The number of hydrogen-bond donors (Lipinski definition) is 0. The number of aromatic nitrogens is 1. The highest BCUT2D eigenvalue weighted by atomic mass is 32.2. The van der Waals surface area contributed by atoms with Gasteiger partial charge in [-0.05, 0) is 24.0 Å². The molecule has 1 fully saturated rings. The number of nitrogens with zero attached hydrogens (tertiary/aromatic N) is 2. The van der Waals surface area contributed by atoms with Crippen molar-refractivity contribution in [3.63, 3.8) is 0 Å². The van der Waals surface area contributed by atoms with Crippen LogP contribution in [0.15, 0.2) is 24.5 Å². The Morgan fingerprint density at radius 2 is 2.40 bits per heavy atom. The lowest BCUT2D eigenvalue weighted by atomic mass is 10.1. The number of carbonyl (C=O) groups excluding carboxylic acids is 2. The largest absolute Gasteiger partial charge is 0.335 e. The molecule has 20 heavy (non-hydrogen) atoms. The molecule has 108 valence electrons. The molecule has 2 rings (SSSR count). The first kappa shape index (κ1) is 15.0. The van der Waals surface area contributed by atoms with Gasteiger partial charge in [0.05, 0.1) is 6.04 Å². The smallest absolute Gasteiger partial charge is 0.223 e. The summed E-state index contributed by atoms with van der Waals surface area (Å²) >= 11 is 1.32. The predicted molar refractivity (Wildman–Crippen MR) is 80.2 cm³/mol. The van der Waals surface area contributed by atoms with Crippen LogP contribution in [0, 0.1) is 5.92 Å². The quantitative estimate of drug-likeness (QED) is 0.837. The van der Waals surface area contributed by atoms with Crippen LogP contribution in [0.5, 0.6) is 0 Å². The lowest BCUT2D eigenvalue weighted by Gasteiger charge is -2.27. The van der Waals surface area contributed by atoms with Gasteiger partial charge >= 0.3 is 0 Å². The van der Waals surface area contributed by atoms with E-state index in [-0.39, 0.29) is 23.0 Å². The maximum Gasteiger partial charge on any atom is 0.223 e. The van der Waals surface area contributed by atoms with Gasteiger partial charge in [-0.2, -0.15) is 0 Å². The average molecular weight is 292 g/mol. The molecule has 0 bridgehead atoms. The van der Waals surface area contributed by atoms with E-state index in [0.29, 0.717) is 6.42 Å². The van der Waals surface area contributed by atoms with Crippen LogP contribution < -0.4 is 0 Å². The Morgan fingerprint density at radius 3 is 3.00 bits per heavy atom. The molecule has 0 aliphatic carbocycles. The lowest BCUT2D eigenvalue weighted by molar-refractivity contribution is -0.129. The monoisotopic (exact) mass is 292 g/mol. The van der Waals surface area contributed by atoms with Gasteiger partial charge < -0.3 is 4.90 Å². The zero-order chi connectivity index (χ0) is 14.5. The van der Waals surface area contributed by atoms with Crippen LogP contribution in [-0.2, 0) is 9.59 Å². The first-order valence-corrected chi connectivity index (χ1v) is 7.93. The van der Waals surface area contributed by atoms with E-state index in [1.807, 2.05) is 23.2 Å². The molecule has 2 unspecified atom stereocenters. The van der Waals surface area contributed by atoms with E-state index < -0.39 is 0 Å². The van der Waals surface area contributed by atoms with Gasteiger partial charge in [-0.3, -0.25) is 14.6 Å². The summed E-state index contributed by atoms with van der Waals surface area (Å²) in [7, 11) is 0. The second-order valence-corrected chi connectivity index (χ2v) is 6.33. The Hall–Kier alpha value is -1.36. The van der Waals surface area contributed by atoms with Crippen molar-refractivity contribution in [3.8, 4) is 0 Å². The third-order valence-electron chi connectivity index (χ3n) is 3.59. The molecule has 5 heteroatoms. The zero-order valence-electron chi connectivity index (χ0n) is 11.9. The molecule has 1 aromatic rings. The van der Waals surface area contributed by atoms with Crippen LogP contribution in [0.3, 0.4) is 0 Å². The molecule has 0 N–H and O–H groups in total. The standard InChI is InChI=1S/C15H20N2O2S/c1-3-14(13-5-4-6-16-8-13)17-9-12(7-15(17)19)10-20-11(2)18/h4-6,8,12,14H,3,7,9-10H2,1-2H3. The highest BCUT2D eigenvalue weighted by Gasteiger charge is 2.34. The van der Waals surface area contributed by atoms with Crippen LogP contribution in [0.1, 0.15) is 38.3 Å². The van der Waals surface area contributed by atoms with Gasteiger partial charge in [0.2, 0.25) is 5.91 Å². The lowest BCUT2D eigenvalue weighted by Crippen LogP contribution is -2.30. The maximum atomic E-state index is 12.2. The predicted octanol–water partition coefficient (Wildman–Crippen LogP) is 2.66. The fraction of sp³-hybridized carbons (Fsp3) is 0.533. The van der Waals surface area contributed by atoms with Crippen molar-refractivity contribution >= 4 is 22.8 Å². The van der Waals surface area contributed by atoms with Crippen molar-refractivity contribution < 1.29 is 9.59 Å². The van der Waals surface area contributed by atoms with Crippen LogP contribution in [0.2, 0.25) is 0 Å². The Morgan fingerprint density at radius 1 is 1.60 bits per heavy atom. The molecular weight excluding hydrogens is 272 g/mol. The van der Waals surface area contributed by atoms with Crippen molar-refractivity contribution in [2.45, 2.75) is 32.7 Å². The van der Waals surface area contributed by atoms with Crippen molar-refractivity contribution in [1.29, 1.82) is 0 Å². The second-order valence-electron chi connectivity index (χ2n) is 5.13. The molecule has 0 radical (unpaired) electrons. The average Bonchev–Trinajstić information content (AvgIpc) is 2.80. The van der Waals surface area contributed by atoms with Gasteiger partial charge in [-0.25, -0.2) is 0 Å². The summed E-state index contributed by atoms with van der Waals surface area (Å²) in [5, 5.41) is 0.121. The number of carbonyl (C=O) groups is 2. The molecule has 4 nitrogen and oxygen atoms in total. The van der Waals surface area contributed by atoms with Gasteiger partial charge in [-0.15, -0.1) is 0 Å². The van der Waals surface area contributed by atoms with E-state index in [0.717, 1.165) is 24.3 Å². The zero-order valence-corrected chi connectivity index (χ0v) is 12.7. The number of hydrogen-bond acceptors (Lipinski definition) is 4. The Balaban J connectivity index is 2.04. The van der Waals surface area contributed by atoms with E-state index >= 15 is 0 Å². The van der Waals surface area contributed by atoms with Gasteiger partial charge in [0.1, 0.15) is 0 Å². The van der Waals surface area contributed by atoms with Crippen LogP contribution in [0.25, 0.3) is 0 Å². The molecule has 1 aliphatic heterocycles. The van der Waals surface area contributed by atoms with Crippen molar-refractivity contribution in [1.82, 2.24) is 9.88 Å². The minimum absolute atomic E-state index is 0.100. The van der Waals surface area contributed by atoms with E-state index in [4.69, 9.17) is 0 Å². The Kier molecular flexibility index (Phi) is 5.17. The molecule has 1 saturated heterocycles. The summed E-state index contributed by atoms with van der Waals surface area (Å²) < 4.78 is 0. The topological polar surface area (TPSA) is 50.3 Å². The molecule has 1 aliphatic rings. The number of rotatable bonds is 5. The first-order valence-electron chi connectivity index (χ1n) is 6.94. The van der Waals surface area contributed by atoms with Gasteiger partial charge in [0, 0.05) is 38.0 Å². The number of likely N-dealkylation sites (tertiary alicyclic amines) is 1. The van der Waals surface area contributed by atoms with E-state index in [9.17, 15) is 9.59 Å². The fourth-order valence-electron chi connectivity index (χ4n) is 2.67. The number of thioether (sulfide) groups is 1. The van der Waals surface area contributed by atoms with Crippen molar-refractivity contribution in [2.24, 2.45) is 5.92 Å².